The van der Waals surface area contributed by atoms with E-state index in [1.165, 1.54) is 5.56 Å². The van der Waals surface area contributed by atoms with E-state index < -0.39 is 6.04 Å². The van der Waals surface area contributed by atoms with E-state index in [1.807, 2.05) is 18.2 Å². The van der Waals surface area contributed by atoms with Gasteiger partial charge in [-0.15, -0.1) is 0 Å². The Hall–Kier alpha value is -2.48. The van der Waals surface area contributed by atoms with Crippen LogP contribution >= 0.6 is 0 Å². The molecule has 0 aromatic heterocycles. The predicted octanol–water partition coefficient (Wildman–Crippen LogP) is 4.32. The summed E-state index contributed by atoms with van der Waals surface area (Å²) in [5.74, 6) is 0.526. The van der Waals surface area contributed by atoms with Gasteiger partial charge in [0.2, 0.25) is 5.91 Å². The van der Waals surface area contributed by atoms with Crippen LogP contribution in [0.4, 0.5) is 0 Å². The van der Waals surface area contributed by atoms with Crippen LogP contribution in [0.3, 0.4) is 0 Å². The van der Waals surface area contributed by atoms with Crippen molar-refractivity contribution in [2.75, 3.05) is 0 Å². The molecule has 0 heterocycles. The van der Waals surface area contributed by atoms with E-state index in [9.17, 15) is 19.6 Å². The van der Waals surface area contributed by atoms with E-state index in [0.717, 1.165) is 44.9 Å². The summed E-state index contributed by atoms with van der Waals surface area (Å²) in [7, 11) is 0. The molecule has 5 atom stereocenters. The van der Waals surface area contributed by atoms with E-state index in [-0.39, 0.29) is 47.6 Å². The van der Waals surface area contributed by atoms with Gasteiger partial charge in [0, 0.05) is 30.6 Å². The number of carbonyl (C=O) groups excluding carboxylic acids is 3. The molecule has 5 nitrogen and oxygen atoms in total. The highest BCUT2D eigenvalue weighted by molar-refractivity contribution is 5.90. The Morgan fingerprint density at radius 3 is 2.55 bits per heavy atom. The molecule has 0 radical (unpaired) electrons. The van der Waals surface area contributed by atoms with Crippen LogP contribution < -0.4 is 5.32 Å². The molecule has 164 valence electrons. The summed E-state index contributed by atoms with van der Waals surface area (Å²) in [5, 5.41) is 12.4. The smallest absolute Gasteiger partial charge is 0.224 e. The Balaban J connectivity index is 1.33. The zero-order chi connectivity index (χ0) is 21.8. The second kappa shape index (κ2) is 9.77. The van der Waals surface area contributed by atoms with Gasteiger partial charge in [0.05, 0.1) is 6.07 Å². The molecule has 0 aliphatic heterocycles. The number of rotatable bonds is 10. The van der Waals surface area contributed by atoms with E-state index in [2.05, 4.69) is 23.5 Å². The van der Waals surface area contributed by atoms with Gasteiger partial charge in [-0.1, -0.05) is 49.6 Å². The van der Waals surface area contributed by atoms with Crippen molar-refractivity contribution in [3.05, 3.63) is 35.9 Å². The topological polar surface area (TPSA) is 87.0 Å². The maximum Gasteiger partial charge on any atom is 0.224 e. The fourth-order valence-electron chi connectivity index (χ4n) is 5.08. The average molecular weight is 421 g/mol. The zero-order valence-electron chi connectivity index (χ0n) is 18.1. The molecular formula is C26H32N2O3. The molecule has 3 saturated carbocycles. The van der Waals surface area contributed by atoms with Crippen LogP contribution in [-0.2, 0) is 14.4 Å². The lowest BCUT2D eigenvalue weighted by Crippen LogP contribution is -2.41. The lowest BCUT2D eigenvalue weighted by atomic mass is 9.83. The molecule has 1 aromatic rings. The van der Waals surface area contributed by atoms with Crippen molar-refractivity contribution < 1.29 is 14.4 Å². The van der Waals surface area contributed by atoms with Crippen LogP contribution in [0, 0.1) is 35.0 Å². The van der Waals surface area contributed by atoms with Crippen LogP contribution in [-0.4, -0.2) is 23.5 Å². The minimum absolute atomic E-state index is 0.0172. The molecule has 0 bridgehead atoms. The van der Waals surface area contributed by atoms with Crippen LogP contribution in [0.25, 0.3) is 0 Å². The molecule has 0 unspecified atom stereocenters. The number of benzene rings is 1. The molecule has 1 amide bonds. The first-order valence-corrected chi connectivity index (χ1v) is 11.9. The summed E-state index contributed by atoms with van der Waals surface area (Å²) in [6.07, 6.45) is 7.80. The predicted molar refractivity (Wildman–Crippen MR) is 117 cm³/mol. The van der Waals surface area contributed by atoms with Crippen molar-refractivity contribution in [1.82, 2.24) is 5.32 Å². The molecule has 3 aliphatic rings. The summed E-state index contributed by atoms with van der Waals surface area (Å²) in [6, 6.07) is 11.6. The van der Waals surface area contributed by atoms with Crippen molar-refractivity contribution in [2.45, 2.75) is 76.2 Å². The highest BCUT2D eigenvalue weighted by Gasteiger charge is 2.45. The van der Waals surface area contributed by atoms with Crippen LogP contribution in [0.2, 0.25) is 0 Å². The quantitative estimate of drug-likeness (QED) is 0.610. The zero-order valence-corrected chi connectivity index (χ0v) is 18.1. The van der Waals surface area contributed by atoms with E-state index >= 15 is 0 Å². The van der Waals surface area contributed by atoms with Crippen LogP contribution in [0.15, 0.2) is 30.3 Å². The minimum atomic E-state index is -0.658. The minimum Gasteiger partial charge on any atom is -0.340 e. The molecule has 5 heteroatoms. The first-order chi connectivity index (χ1) is 15.0. The number of hydrogen-bond acceptors (Lipinski definition) is 4. The second-order valence-electron chi connectivity index (χ2n) is 9.74. The van der Waals surface area contributed by atoms with Crippen molar-refractivity contribution in [3.8, 4) is 6.07 Å². The molecule has 1 aromatic carbocycles. The Morgan fingerprint density at radius 1 is 1.10 bits per heavy atom. The molecule has 0 saturated heterocycles. The summed E-state index contributed by atoms with van der Waals surface area (Å²) >= 11 is 0. The van der Waals surface area contributed by atoms with Crippen molar-refractivity contribution in [3.63, 3.8) is 0 Å². The Bertz CT molecular complexity index is 855. The van der Waals surface area contributed by atoms with Crippen molar-refractivity contribution in [1.29, 1.82) is 5.26 Å². The van der Waals surface area contributed by atoms with Crippen molar-refractivity contribution >= 4 is 17.5 Å². The number of nitriles is 1. The molecular weight excluding hydrogens is 388 g/mol. The molecule has 4 rings (SSSR count). The lowest BCUT2D eigenvalue weighted by molar-refractivity contribution is -0.131. The van der Waals surface area contributed by atoms with E-state index in [1.54, 1.807) is 0 Å². The van der Waals surface area contributed by atoms with Gasteiger partial charge >= 0.3 is 0 Å². The fraction of sp³-hybridized carbons (Fsp3) is 0.615. The molecule has 0 spiro atoms. The number of amides is 1. The number of nitrogens with one attached hydrogen (secondary N) is 1. The van der Waals surface area contributed by atoms with Gasteiger partial charge in [-0.05, 0) is 49.5 Å². The summed E-state index contributed by atoms with van der Waals surface area (Å²) in [5.41, 5.74) is 1.20. The van der Waals surface area contributed by atoms with Gasteiger partial charge in [-0.3, -0.25) is 14.4 Å². The van der Waals surface area contributed by atoms with E-state index in [4.69, 9.17) is 0 Å². The normalized spacial score (nSPS) is 27.1. The third kappa shape index (κ3) is 5.81. The summed E-state index contributed by atoms with van der Waals surface area (Å²) < 4.78 is 0. The van der Waals surface area contributed by atoms with Gasteiger partial charge in [0.1, 0.15) is 17.6 Å². The first kappa shape index (κ1) is 21.7. The molecule has 1 N–H and O–H groups in total. The van der Waals surface area contributed by atoms with Crippen LogP contribution in [0.5, 0.6) is 0 Å². The monoisotopic (exact) mass is 420 g/mol. The third-order valence-corrected chi connectivity index (χ3v) is 7.24. The first-order valence-electron chi connectivity index (χ1n) is 11.9. The fourth-order valence-corrected chi connectivity index (χ4v) is 5.08. The lowest BCUT2D eigenvalue weighted by Gasteiger charge is -2.24. The standard InChI is InChI=1S/C26H32N2O3/c27-16-21(13-19-8-4-5-9-24(19)29)28-26(31)20(12-17-10-11-17)14-25(30)23-15-22(23)18-6-2-1-3-7-18/h1-3,6-7,17,19-23H,4-5,8-15H2,(H,28,31)/t19-,20+,21-,22-,23+/m0/s1. The highest BCUT2D eigenvalue weighted by Crippen LogP contribution is 2.49. The highest BCUT2D eigenvalue weighted by atomic mass is 16.2. The molecule has 3 aliphatic carbocycles. The number of carbonyl (C=O) groups is 3. The SMILES string of the molecule is N#C[C@H](C[C@@H]1CCCCC1=O)NC(=O)[C@@H](CC(=O)[C@@H]1C[C@H]1c1ccccc1)CC1CC1. The van der Waals surface area contributed by atoms with Crippen molar-refractivity contribution in [2.24, 2.45) is 23.7 Å². The second-order valence-corrected chi connectivity index (χ2v) is 9.74. The Morgan fingerprint density at radius 2 is 1.87 bits per heavy atom. The van der Waals surface area contributed by atoms with Crippen LogP contribution in [0.1, 0.15) is 75.7 Å². The summed E-state index contributed by atoms with van der Waals surface area (Å²) in [6.45, 7) is 0. The molecule has 3 fully saturated rings. The van der Waals surface area contributed by atoms with Gasteiger partial charge in [0.25, 0.3) is 0 Å². The van der Waals surface area contributed by atoms with Gasteiger partial charge in [-0.2, -0.15) is 5.26 Å². The average Bonchev–Trinajstić information content (AvgIpc) is 3.69. The van der Waals surface area contributed by atoms with Gasteiger partial charge in [-0.25, -0.2) is 0 Å². The number of Topliss-reactive ketones (excluding diaryl/α,β-unsaturated/α-hetero) is 2. The maximum absolute atomic E-state index is 13.0. The number of hydrogen-bond donors (Lipinski definition) is 1. The Labute approximate surface area is 184 Å². The third-order valence-electron chi connectivity index (χ3n) is 7.24. The summed E-state index contributed by atoms with van der Waals surface area (Å²) in [4.78, 5) is 38.1. The molecule has 31 heavy (non-hydrogen) atoms. The van der Waals surface area contributed by atoms with E-state index in [0.29, 0.717) is 18.8 Å². The largest absolute Gasteiger partial charge is 0.340 e. The van der Waals surface area contributed by atoms with Gasteiger partial charge in [0.15, 0.2) is 0 Å². The maximum atomic E-state index is 13.0. The number of nitrogens with zero attached hydrogens (tertiary/aromatic N) is 1. The Kier molecular flexibility index (Phi) is 6.85. The van der Waals surface area contributed by atoms with Gasteiger partial charge < -0.3 is 5.32 Å². The number of ketones is 2.